The lowest BCUT2D eigenvalue weighted by atomic mass is 10.3. The molecule has 0 aromatic carbocycles. The Kier molecular flexibility index (Phi) is 4.23. The number of nitrogens with two attached hydrogens (primary N) is 1. The highest BCUT2D eigenvalue weighted by Gasteiger charge is 2.08. The molecule has 18 heavy (non-hydrogen) atoms. The van der Waals surface area contributed by atoms with Gasteiger partial charge in [-0.3, -0.25) is 4.98 Å². The summed E-state index contributed by atoms with van der Waals surface area (Å²) >= 11 is 11.7. The van der Waals surface area contributed by atoms with Gasteiger partial charge in [0.2, 0.25) is 5.88 Å². The zero-order valence-corrected chi connectivity index (χ0v) is 10.9. The summed E-state index contributed by atoms with van der Waals surface area (Å²) in [4.78, 5) is 8.16. The Hall–Kier alpha value is -1.52. The highest BCUT2D eigenvalue weighted by atomic mass is 35.5. The topological polar surface area (TPSA) is 61.0 Å². The van der Waals surface area contributed by atoms with E-state index in [2.05, 4.69) is 9.97 Å². The van der Waals surface area contributed by atoms with Gasteiger partial charge in [0.05, 0.1) is 11.6 Å². The third kappa shape index (κ3) is 3.24. The molecule has 0 saturated carbocycles. The van der Waals surface area contributed by atoms with Crippen LogP contribution in [0.25, 0.3) is 0 Å². The molecule has 0 aliphatic rings. The number of nitrogens with zero attached hydrogens (tertiary/aromatic N) is 2. The fourth-order valence-corrected chi connectivity index (χ4v) is 1.78. The number of anilines is 1. The number of nitrogen functional groups attached to an aromatic ring is 1. The molecule has 6 heteroatoms. The van der Waals surface area contributed by atoms with Crippen LogP contribution in [0.1, 0.15) is 5.69 Å². The van der Waals surface area contributed by atoms with E-state index in [1.807, 2.05) is 18.2 Å². The number of hydrogen-bond acceptors (Lipinski definition) is 4. The molecule has 0 bridgehead atoms. The number of rotatable bonds is 4. The minimum Gasteiger partial charge on any atom is -0.476 e. The summed E-state index contributed by atoms with van der Waals surface area (Å²) in [5, 5.41) is 0.660. The molecule has 2 aromatic heterocycles. The quantitative estimate of drug-likeness (QED) is 0.937. The fraction of sp³-hybridized carbons (Fsp3) is 0.167. The average molecular weight is 284 g/mol. The third-order valence-corrected chi connectivity index (χ3v) is 2.82. The Morgan fingerprint density at radius 1 is 1.22 bits per heavy atom. The molecule has 0 radical (unpaired) electrons. The minimum atomic E-state index is 0.203. The van der Waals surface area contributed by atoms with E-state index in [0.29, 0.717) is 23.1 Å². The van der Waals surface area contributed by atoms with Gasteiger partial charge in [-0.2, -0.15) is 4.98 Å². The largest absolute Gasteiger partial charge is 0.476 e. The van der Waals surface area contributed by atoms with Crippen LogP contribution in [0.5, 0.6) is 5.88 Å². The second-order valence-electron chi connectivity index (χ2n) is 3.56. The van der Waals surface area contributed by atoms with Gasteiger partial charge in [0, 0.05) is 18.3 Å². The molecule has 2 heterocycles. The molecule has 4 nitrogen and oxygen atoms in total. The number of pyridine rings is 2. The first-order valence-corrected chi connectivity index (χ1v) is 6.06. The van der Waals surface area contributed by atoms with Crippen LogP contribution in [0.4, 0.5) is 5.82 Å². The van der Waals surface area contributed by atoms with Crippen LogP contribution in [0.3, 0.4) is 0 Å². The van der Waals surface area contributed by atoms with Crippen molar-refractivity contribution < 1.29 is 4.74 Å². The molecule has 0 unspecified atom stereocenters. The molecular formula is C12H11Cl2N3O. The second kappa shape index (κ2) is 5.89. The number of aromatic nitrogens is 2. The Morgan fingerprint density at radius 2 is 2.06 bits per heavy atom. The van der Waals surface area contributed by atoms with Crippen LogP contribution < -0.4 is 10.5 Å². The zero-order chi connectivity index (χ0) is 13.0. The van der Waals surface area contributed by atoms with Gasteiger partial charge in [0.15, 0.2) is 0 Å². The van der Waals surface area contributed by atoms with Gasteiger partial charge in [0.25, 0.3) is 0 Å². The van der Waals surface area contributed by atoms with E-state index in [9.17, 15) is 0 Å². The maximum atomic E-state index is 5.94. The van der Waals surface area contributed by atoms with Gasteiger partial charge >= 0.3 is 0 Å². The second-order valence-corrected chi connectivity index (χ2v) is 4.38. The number of halogens is 2. The summed E-state index contributed by atoms with van der Waals surface area (Å²) in [5.74, 6) is 0.489. The lowest BCUT2D eigenvalue weighted by Crippen LogP contribution is -2.05. The average Bonchev–Trinajstić information content (AvgIpc) is 2.37. The highest BCUT2D eigenvalue weighted by Crippen LogP contribution is 2.28. The molecule has 0 atom stereocenters. The molecule has 94 valence electrons. The molecular weight excluding hydrogens is 273 g/mol. The Morgan fingerprint density at radius 3 is 2.78 bits per heavy atom. The maximum Gasteiger partial charge on any atom is 0.234 e. The van der Waals surface area contributed by atoms with E-state index in [1.54, 1.807) is 6.20 Å². The monoisotopic (exact) mass is 283 g/mol. The van der Waals surface area contributed by atoms with E-state index < -0.39 is 0 Å². The van der Waals surface area contributed by atoms with E-state index >= 15 is 0 Å². The van der Waals surface area contributed by atoms with E-state index in [-0.39, 0.29) is 11.7 Å². The standard InChI is InChI=1S/C12H11Cl2N3O/c13-9-7-10(14)12(17-11(9)15)18-6-4-8-3-1-2-5-16-8/h1-3,5,7H,4,6H2,(H2,15,17). The Bertz CT molecular complexity index is 534. The number of ether oxygens (including phenoxy) is 1. The molecule has 2 rings (SSSR count). The SMILES string of the molecule is Nc1nc(OCCc2ccccn2)c(Cl)cc1Cl. The van der Waals surface area contributed by atoms with Crippen molar-refractivity contribution in [2.45, 2.75) is 6.42 Å². The third-order valence-electron chi connectivity index (χ3n) is 2.25. The van der Waals surface area contributed by atoms with Crippen LogP contribution in [-0.4, -0.2) is 16.6 Å². The molecule has 2 N–H and O–H groups in total. The van der Waals surface area contributed by atoms with E-state index in [0.717, 1.165) is 5.69 Å². The summed E-state index contributed by atoms with van der Waals surface area (Å²) in [6, 6.07) is 7.23. The fourth-order valence-electron chi connectivity index (χ4n) is 1.36. The van der Waals surface area contributed by atoms with Gasteiger partial charge in [-0.05, 0) is 18.2 Å². The number of hydrogen-bond donors (Lipinski definition) is 1. The summed E-state index contributed by atoms with van der Waals surface area (Å²) in [6.45, 7) is 0.421. The minimum absolute atomic E-state index is 0.203. The van der Waals surface area contributed by atoms with Crippen molar-refractivity contribution in [3.63, 3.8) is 0 Å². The molecule has 0 aliphatic carbocycles. The van der Waals surface area contributed by atoms with Crippen molar-refractivity contribution in [3.05, 3.63) is 46.2 Å². The Labute approximate surface area is 115 Å². The summed E-state index contributed by atoms with van der Waals surface area (Å²) in [6.07, 6.45) is 2.40. The molecule has 0 aliphatic heterocycles. The smallest absolute Gasteiger partial charge is 0.234 e. The summed E-state index contributed by atoms with van der Waals surface area (Å²) in [5.41, 5.74) is 6.52. The van der Waals surface area contributed by atoms with Crippen molar-refractivity contribution in [3.8, 4) is 5.88 Å². The van der Waals surface area contributed by atoms with Crippen LogP contribution in [0, 0.1) is 0 Å². The summed E-state index contributed by atoms with van der Waals surface area (Å²) < 4.78 is 5.45. The normalized spacial score (nSPS) is 10.3. The molecule has 0 fully saturated rings. The van der Waals surface area contributed by atoms with Gasteiger partial charge in [-0.25, -0.2) is 0 Å². The van der Waals surface area contributed by atoms with Crippen molar-refractivity contribution >= 4 is 29.0 Å². The zero-order valence-electron chi connectivity index (χ0n) is 9.44. The van der Waals surface area contributed by atoms with Crippen molar-refractivity contribution in [2.24, 2.45) is 0 Å². The molecule has 0 spiro atoms. The first-order valence-electron chi connectivity index (χ1n) is 5.31. The van der Waals surface area contributed by atoms with Crippen LogP contribution in [0.15, 0.2) is 30.5 Å². The molecule has 0 saturated heterocycles. The van der Waals surface area contributed by atoms with E-state index in [1.165, 1.54) is 6.07 Å². The predicted octanol–water partition coefficient (Wildman–Crippen LogP) is 2.99. The lowest BCUT2D eigenvalue weighted by Gasteiger charge is -2.08. The lowest BCUT2D eigenvalue weighted by molar-refractivity contribution is 0.309. The first-order chi connectivity index (χ1) is 8.66. The van der Waals surface area contributed by atoms with Gasteiger partial charge in [-0.15, -0.1) is 0 Å². The maximum absolute atomic E-state index is 5.94. The molecule has 2 aromatic rings. The summed E-state index contributed by atoms with van der Waals surface area (Å²) in [7, 11) is 0. The molecule has 0 amide bonds. The van der Waals surface area contributed by atoms with Gasteiger partial charge < -0.3 is 10.5 Å². The van der Waals surface area contributed by atoms with Crippen LogP contribution >= 0.6 is 23.2 Å². The predicted molar refractivity (Wildman–Crippen MR) is 72.1 cm³/mol. The Balaban J connectivity index is 1.97. The van der Waals surface area contributed by atoms with Crippen molar-refractivity contribution in [1.29, 1.82) is 0 Å². The van der Waals surface area contributed by atoms with Crippen molar-refractivity contribution in [2.75, 3.05) is 12.3 Å². The van der Waals surface area contributed by atoms with Crippen LogP contribution in [-0.2, 0) is 6.42 Å². The van der Waals surface area contributed by atoms with Gasteiger partial charge in [-0.1, -0.05) is 29.3 Å². The first kappa shape index (κ1) is 12.9. The highest BCUT2D eigenvalue weighted by molar-refractivity contribution is 6.36. The van der Waals surface area contributed by atoms with Gasteiger partial charge in [0.1, 0.15) is 10.8 Å². The van der Waals surface area contributed by atoms with E-state index in [4.69, 9.17) is 33.7 Å². The van der Waals surface area contributed by atoms with Crippen LogP contribution in [0.2, 0.25) is 10.0 Å². The van der Waals surface area contributed by atoms with Crippen molar-refractivity contribution in [1.82, 2.24) is 9.97 Å².